The molecule has 2 N–H and O–H groups in total. The lowest BCUT2D eigenvalue weighted by molar-refractivity contribution is -0.130. The molecule has 0 spiro atoms. The second kappa shape index (κ2) is 9.03. The number of carbonyl (C=O) groups is 2. The Bertz CT molecular complexity index is 783. The summed E-state index contributed by atoms with van der Waals surface area (Å²) in [5.41, 5.74) is 8.86. The van der Waals surface area contributed by atoms with Crippen molar-refractivity contribution in [2.45, 2.75) is 40.0 Å². The van der Waals surface area contributed by atoms with E-state index >= 15 is 0 Å². The molecular weight excluding hydrogens is 332 g/mol. The van der Waals surface area contributed by atoms with Gasteiger partial charge in [0.05, 0.1) is 5.69 Å². The van der Waals surface area contributed by atoms with E-state index in [9.17, 15) is 9.59 Å². The van der Waals surface area contributed by atoms with Crippen LogP contribution in [0.3, 0.4) is 0 Å². The standard InChI is InChI=1S/C19H26N4O3/c1-5-15-8-6-7-9-17(15)26-12-19(25)21-20-18(24)11-10-16-13(2)22-23(4)14(16)3/h6-9H,5,10-12H2,1-4H3,(H,20,24)(H,21,25). The predicted molar refractivity (Wildman–Crippen MR) is 98.6 cm³/mol. The molecule has 2 aromatic rings. The van der Waals surface area contributed by atoms with Gasteiger partial charge in [-0.25, -0.2) is 0 Å². The maximum absolute atomic E-state index is 11.9. The van der Waals surface area contributed by atoms with E-state index < -0.39 is 5.91 Å². The molecule has 0 atom stereocenters. The molecule has 0 aliphatic heterocycles. The van der Waals surface area contributed by atoms with Crippen LogP contribution in [0.25, 0.3) is 0 Å². The van der Waals surface area contributed by atoms with Gasteiger partial charge in [0, 0.05) is 19.2 Å². The van der Waals surface area contributed by atoms with Crippen molar-refractivity contribution in [3.63, 3.8) is 0 Å². The molecule has 1 aromatic heterocycles. The first-order chi connectivity index (χ1) is 12.4. The number of aromatic nitrogens is 2. The summed E-state index contributed by atoms with van der Waals surface area (Å²) in [6.07, 6.45) is 1.67. The molecule has 1 aromatic carbocycles. The van der Waals surface area contributed by atoms with Gasteiger partial charge in [-0.1, -0.05) is 25.1 Å². The number of hydrogen-bond donors (Lipinski definition) is 2. The number of hydrazine groups is 1. The summed E-state index contributed by atoms with van der Waals surface area (Å²) in [5, 5.41) is 4.33. The molecule has 7 nitrogen and oxygen atoms in total. The first-order valence-corrected chi connectivity index (χ1v) is 8.69. The minimum atomic E-state index is -0.405. The van der Waals surface area contributed by atoms with Gasteiger partial charge in [-0.3, -0.25) is 25.1 Å². The van der Waals surface area contributed by atoms with E-state index in [0.717, 1.165) is 28.9 Å². The molecule has 2 rings (SSSR count). The Hall–Kier alpha value is -2.83. The highest BCUT2D eigenvalue weighted by atomic mass is 16.5. The molecule has 0 aliphatic carbocycles. The van der Waals surface area contributed by atoms with Crippen LogP contribution in [-0.4, -0.2) is 28.2 Å². The Balaban J connectivity index is 1.74. The Kier molecular flexibility index (Phi) is 6.77. The lowest BCUT2D eigenvalue weighted by Gasteiger charge is -2.11. The number of hydrogen-bond acceptors (Lipinski definition) is 4. The van der Waals surface area contributed by atoms with Crippen LogP contribution in [0, 0.1) is 13.8 Å². The third-order valence-electron chi connectivity index (χ3n) is 4.31. The van der Waals surface area contributed by atoms with E-state index in [1.807, 2.05) is 52.1 Å². The van der Waals surface area contributed by atoms with Crippen LogP contribution in [-0.2, 0) is 29.5 Å². The van der Waals surface area contributed by atoms with Crippen LogP contribution in [0.4, 0.5) is 0 Å². The first-order valence-electron chi connectivity index (χ1n) is 8.69. The number of rotatable bonds is 7. The van der Waals surface area contributed by atoms with E-state index in [1.54, 1.807) is 4.68 Å². The van der Waals surface area contributed by atoms with Crippen molar-refractivity contribution in [3.8, 4) is 5.75 Å². The molecule has 0 radical (unpaired) electrons. The largest absolute Gasteiger partial charge is 0.483 e. The van der Waals surface area contributed by atoms with Gasteiger partial charge >= 0.3 is 0 Å². The van der Waals surface area contributed by atoms with E-state index in [2.05, 4.69) is 16.0 Å². The summed E-state index contributed by atoms with van der Waals surface area (Å²) in [6.45, 7) is 5.76. The number of nitrogens with one attached hydrogen (secondary N) is 2. The van der Waals surface area contributed by atoms with Crippen molar-refractivity contribution in [1.29, 1.82) is 0 Å². The molecule has 0 aliphatic rings. The summed E-state index contributed by atoms with van der Waals surface area (Å²) in [7, 11) is 1.88. The maximum Gasteiger partial charge on any atom is 0.276 e. The number of amides is 2. The van der Waals surface area contributed by atoms with Gasteiger partial charge in [0.15, 0.2) is 6.61 Å². The van der Waals surface area contributed by atoms with Gasteiger partial charge in [-0.05, 0) is 43.9 Å². The number of ether oxygens (including phenoxy) is 1. The molecule has 7 heteroatoms. The number of aryl methyl sites for hydroxylation is 3. The molecule has 0 saturated carbocycles. The Morgan fingerprint density at radius 2 is 1.85 bits per heavy atom. The molecule has 0 saturated heterocycles. The average Bonchev–Trinajstić information content (AvgIpc) is 2.88. The van der Waals surface area contributed by atoms with Crippen molar-refractivity contribution in [2.24, 2.45) is 7.05 Å². The fraction of sp³-hybridized carbons (Fsp3) is 0.421. The Labute approximate surface area is 153 Å². The summed E-state index contributed by atoms with van der Waals surface area (Å²) >= 11 is 0. The van der Waals surface area contributed by atoms with E-state index in [0.29, 0.717) is 12.2 Å². The second-order valence-corrected chi connectivity index (χ2v) is 6.12. The fourth-order valence-electron chi connectivity index (χ4n) is 2.74. The first kappa shape index (κ1) is 19.5. The third kappa shape index (κ3) is 5.08. The van der Waals surface area contributed by atoms with E-state index in [4.69, 9.17) is 4.74 Å². The number of nitrogens with zero attached hydrogens (tertiary/aromatic N) is 2. The quantitative estimate of drug-likeness (QED) is 0.739. The molecule has 0 unspecified atom stereocenters. The van der Waals surface area contributed by atoms with Crippen LogP contribution in [0.15, 0.2) is 24.3 Å². The molecule has 2 amide bonds. The van der Waals surface area contributed by atoms with Crippen molar-refractivity contribution in [2.75, 3.05) is 6.61 Å². The number of para-hydroxylation sites is 1. The fourth-order valence-corrected chi connectivity index (χ4v) is 2.74. The molecule has 1 heterocycles. The van der Waals surface area contributed by atoms with Crippen LogP contribution in [0.5, 0.6) is 5.75 Å². The zero-order chi connectivity index (χ0) is 19.1. The van der Waals surface area contributed by atoms with Crippen LogP contribution in [0.2, 0.25) is 0 Å². The SMILES string of the molecule is CCc1ccccc1OCC(=O)NNC(=O)CCc1c(C)nn(C)c1C. The van der Waals surface area contributed by atoms with Gasteiger partial charge in [0.1, 0.15) is 5.75 Å². The Morgan fingerprint density at radius 3 is 2.50 bits per heavy atom. The van der Waals surface area contributed by atoms with E-state index in [1.165, 1.54) is 0 Å². The highest BCUT2D eigenvalue weighted by Crippen LogP contribution is 2.18. The highest BCUT2D eigenvalue weighted by molar-refractivity contribution is 5.82. The van der Waals surface area contributed by atoms with E-state index in [-0.39, 0.29) is 18.9 Å². The van der Waals surface area contributed by atoms with Gasteiger partial charge in [-0.15, -0.1) is 0 Å². The summed E-state index contributed by atoms with van der Waals surface area (Å²) in [5.74, 6) is 0.0203. The monoisotopic (exact) mass is 358 g/mol. The number of benzene rings is 1. The zero-order valence-corrected chi connectivity index (χ0v) is 15.8. The smallest absolute Gasteiger partial charge is 0.276 e. The Morgan fingerprint density at radius 1 is 1.15 bits per heavy atom. The summed E-state index contributed by atoms with van der Waals surface area (Å²) < 4.78 is 7.31. The molecule has 0 fully saturated rings. The average molecular weight is 358 g/mol. The lowest BCUT2D eigenvalue weighted by Crippen LogP contribution is -2.43. The minimum Gasteiger partial charge on any atom is -0.483 e. The van der Waals surface area contributed by atoms with Crippen molar-refractivity contribution < 1.29 is 14.3 Å². The van der Waals surface area contributed by atoms with Gasteiger partial charge in [0.2, 0.25) is 5.91 Å². The second-order valence-electron chi connectivity index (χ2n) is 6.12. The molecule has 26 heavy (non-hydrogen) atoms. The summed E-state index contributed by atoms with van der Waals surface area (Å²) in [4.78, 5) is 23.8. The van der Waals surface area contributed by atoms with Crippen molar-refractivity contribution >= 4 is 11.8 Å². The van der Waals surface area contributed by atoms with Crippen LogP contribution < -0.4 is 15.6 Å². The van der Waals surface area contributed by atoms with Gasteiger partial charge in [0.25, 0.3) is 5.91 Å². The predicted octanol–water partition coefficient (Wildman–Crippen LogP) is 1.76. The van der Waals surface area contributed by atoms with Gasteiger partial charge < -0.3 is 4.74 Å². The zero-order valence-electron chi connectivity index (χ0n) is 15.8. The summed E-state index contributed by atoms with van der Waals surface area (Å²) in [6, 6.07) is 7.56. The van der Waals surface area contributed by atoms with Gasteiger partial charge in [-0.2, -0.15) is 5.10 Å². The molecule has 140 valence electrons. The molecule has 0 bridgehead atoms. The van der Waals surface area contributed by atoms with Crippen molar-refractivity contribution in [3.05, 3.63) is 46.8 Å². The topological polar surface area (TPSA) is 85.2 Å². The van der Waals surface area contributed by atoms with Crippen molar-refractivity contribution in [1.82, 2.24) is 20.6 Å². The minimum absolute atomic E-state index is 0.155. The van der Waals surface area contributed by atoms with Crippen LogP contribution in [0.1, 0.15) is 35.9 Å². The molecular formula is C19H26N4O3. The van der Waals surface area contributed by atoms with Crippen LogP contribution >= 0.6 is 0 Å². The maximum atomic E-state index is 11.9. The highest BCUT2D eigenvalue weighted by Gasteiger charge is 2.12. The third-order valence-corrected chi connectivity index (χ3v) is 4.31. The lowest BCUT2D eigenvalue weighted by atomic mass is 10.1. The normalized spacial score (nSPS) is 10.5. The number of carbonyl (C=O) groups excluding carboxylic acids is 2.